The standard InChI is InChI=1S/C15H19ClN2O3/c1-4-15(2)14(20)18(8-7-13(19)17-15)11-9-10(16)5-6-12(11)21-3/h5-6,9H,4,7-8H2,1-3H3,(H,17,19). The first kappa shape index (κ1) is 15.6. The fraction of sp³-hybridized carbons (Fsp3) is 0.467. The summed E-state index contributed by atoms with van der Waals surface area (Å²) >= 11 is 6.04. The van der Waals surface area contributed by atoms with Crippen molar-refractivity contribution >= 4 is 29.1 Å². The molecular formula is C15H19ClN2O3. The second kappa shape index (κ2) is 5.93. The maximum atomic E-state index is 12.8. The quantitative estimate of drug-likeness (QED) is 0.932. The average Bonchev–Trinajstić information content (AvgIpc) is 2.57. The van der Waals surface area contributed by atoms with Crippen molar-refractivity contribution in [1.82, 2.24) is 5.32 Å². The third-order valence-corrected chi connectivity index (χ3v) is 4.07. The maximum absolute atomic E-state index is 12.8. The van der Waals surface area contributed by atoms with Gasteiger partial charge < -0.3 is 15.0 Å². The Hall–Kier alpha value is -1.75. The van der Waals surface area contributed by atoms with Crippen molar-refractivity contribution in [3.8, 4) is 5.75 Å². The molecule has 1 unspecified atom stereocenters. The van der Waals surface area contributed by atoms with Crippen LogP contribution in [0.15, 0.2) is 18.2 Å². The van der Waals surface area contributed by atoms with Crippen LogP contribution in [-0.4, -0.2) is 31.0 Å². The highest BCUT2D eigenvalue weighted by molar-refractivity contribution is 6.31. The van der Waals surface area contributed by atoms with E-state index in [0.29, 0.717) is 29.4 Å². The maximum Gasteiger partial charge on any atom is 0.252 e. The molecular weight excluding hydrogens is 292 g/mol. The Morgan fingerprint density at radius 1 is 1.43 bits per heavy atom. The highest BCUT2D eigenvalue weighted by Crippen LogP contribution is 2.34. The van der Waals surface area contributed by atoms with Crippen molar-refractivity contribution in [2.24, 2.45) is 0 Å². The predicted octanol–water partition coefficient (Wildman–Crippen LogP) is 2.37. The number of halogens is 1. The van der Waals surface area contributed by atoms with E-state index in [1.54, 1.807) is 30.0 Å². The second-order valence-corrected chi connectivity index (χ2v) is 5.69. The lowest BCUT2D eigenvalue weighted by molar-refractivity contribution is -0.129. The minimum absolute atomic E-state index is 0.129. The molecule has 0 aliphatic carbocycles. The highest BCUT2D eigenvalue weighted by Gasteiger charge is 2.40. The van der Waals surface area contributed by atoms with E-state index in [0.717, 1.165) is 0 Å². The Labute approximate surface area is 129 Å². The first-order chi connectivity index (χ1) is 9.91. The van der Waals surface area contributed by atoms with Crippen molar-refractivity contribution in [3.05, 3.63) is 23.2 Å². The Kier molecular flexibility index (Phi) is 4.42. The van der Waals surface area contributed by atoms with Gasteiger partial charge in [-0.25, -0.2) is 0 Å². The lowest BCUT2D eigenvalue weighted by Crippen LogP contribution is -2.54. The zero-order valence-electron chi connectivity index (χ0n) is 12.4. The lowest BCUT2D eigenvalue weighted by atomic mass is 9.97. The van der Waals surface area contributed by atoms with Crippen molar-refractivity contribution < 1.29 is 14.3 Å². The number of methoxy groups -OCH3 is 1. The monoisotopic (exact) mass is 310 g/mol. The van der Waals surface area contributed by atoms with Crippen molar-refractivity contribution in [1.29, 1.82) is 0 Å². The molecule has 114 valence electrons. The number of hydrogen-bond acceptors (Lipinski definition) is 3. The average molecular weight is 311 g/mol. The first-order valence-corrected chi connectivity index (χ1v) is 7.25. The molecule has 21 heavy (non-hydrogen) atoms. The van der Waals surface area contributed by atoms with E-state index in [-0.39, 0.29) is 18.2 Å². The number of hydrogen-bond donors (Lipinski definition) is 1. The van der Waals surface area contributed by atoms with Crippen LogP contribution in [0.5, 0.6) is 5.75 Å². The van der Waals surface area contributed by atoms with Gasteiger partial charge in [-0.1, -0.05) is 18.5 Å². The fourth-order valence-electron chi connectivity index (χ4n) is 2.38. The van der Waals surface area contributed by atoms with Gasteiger partial charge in [0.25, 0.3) is 5.91 Å². The SMILES string of the molecule is CCC1(C)NC(=O)CCN(c2cc(Cl)ccc2OC)C1=O. The predicted molar refractivity (Wildman–Crippen MR) is 81.8 cm³/mol. The summed E-state index contributed by atoms with van der Waals surface area (Å²) in [6, 6.07) is 5.10. The molecule has 2 rings (SSSR count). The molecule has 1 atom stereocenters. The summed E-state index contributed by atoms with van der Waals surface area (Å²) in [6.07, 6.45) is 0.758. The van der Waals surface area contributed by atoms with Gasteiger partial charge in [0, 0.05) is 18.0 Å². The summed E-state index contributed by atoms with van der Waals surface area (Å²) < 4.78 is 5.31. The molecule has 1 saturated heterocycles. The number of carbonyl (C=O) groups excluding carboxylic acids is 2. The summed E-state index contributed by atoms with van der Waals surface area (Å²) in [5.41, 5.74) is -0.327. The largest absolute Gasteiger partial charge is 0.495 e. The number of carbonyl (C=O) groups is 2. The van der Waals surface area contributed by atoms with E-state index >= 15 is 0 Å². The number of ether oxygens (including phenoxy) is 1. The van der Waals surface area contributed by atoms with Crippen LogP contribution in [-0.2, 0) is 9.59 Å². The highest BCUT2D eigenvalue weighted by atomic mass is 35.5. The molecule has 0 spiro atoms. The summed E-state index contributed by atoms with van der Waals surface area (Å²) in [5.74, 6) is 0.271. The lowest BCUT2D eigenvalue weighted by Gasteiger charge is -2.31. The van der Waals surface area contributed by atoms with Crippen LogP contribution < -0.4 is 15.0 Å². The molecule has 0 saturated carbocycles. The molecule has 1 N–H and O–H groups in total. The number of anilines is 1. The number of nitrogens with one attached hydrogen (secondary N) is 1. The van der Waals surface area contributed by atoms with Gasteiger partial charge >= 0.3 is 0 Å². The first-order valence-electron chi connectivity index (χ1n) is 6.88. The molecule has 2 amide bonds. The molecule has 0 bridgehead atoms. The summed E-state index contributed by atoms with van der Waals surface area (Å²) in [5, 5.41) is 3.32. The van der Waals surface area contributed by atoms with E-state index < -0.39 is 5.54 Å². The number of nitrogens with zero attached hydrogens (tertiary/aromatic N) is 1. The van der Waals surface area contributed by atoms with Gasteiger partial charge in [-0.3, -0.25) is 9.59 Å². The fourth-order valence-corrected chi connectivity index (χ4v) is 2.55. The van der Waals surface area contributed by atoms with E-state index in [1.807, 2.05) is 6.92 Å². The zero-order valence-corrected chi connectivity index (χ0v) is 13.2. The molecule has 1 aliphatic rings. The van der Waals surface area contributed by atoms with E-state index in [9.17, 15) is 9.59 Å². The summed E-state index contributed by atoms with van der Waals surface area (Å²) in [7, 11) is 1.54. The second-order valence-electron chi connectivity index (χ2n) is 5.26. The topological polar surface area (TPSA) is 58.6 Å². The molecule has 1 aliphatic heterocycles. The Balaban J connectivity index is 2.49. The van der Waals surface area contributed by atoms with Crippen LogP contribution >= 0.6 is 11.6 Å². The molecule has 0 radical (unpaired) electrons. The van der Waals surface area contributed by atoms with Gasteiger partial charge in [0.05, 0.1) is 12.8 Å². The van der Waals surface area contributed by atoms with Crippen LogP contribution in [0.25, 0.3) is 0 Å². The van der Waals surface area contributed by atoms with E-state index in [2.05, 4.69) is 5.32 Å². The minimum atomic E-state index is -0.916. The van der Waals surface area contributed by atoms with Crippen LogP contribution in [0.3, 0.4) is 0 Å². The van der Waals surface area contributed by atoms with Gasteiger partial charge in [-0.05, 0) is 31.5 Å². The van der Waals surface area contributed by atoms with Crippen LogP contribution in [0.2, 0.25) is 5.02 Å². The normalized spacial score (nSPS) is 22.8. The molecule has 6 heteroatoms. The van der Waals surface area contributed by atoms with E-state index in [1.165, 1.54) is 7.11 Å². The van der Waals surface area contributed by atoms with Gasteiger partial charge in [0.2, 0.25) is 5.91 Å². The van der Waals surface area contributed by atoms with Gasteiger partial charge in [0.15, 0.2) is 0 Å². The third kappa shape index (κ3) is 2.97. The Bertz CT molecular complexity index is 576. The Morgan fingerprint density at radius 2 is 2.14 bits per heavy atom. The molecule has 1 aromatic rings. The minimum Gasteiger partial charge on any atom is -0.495 e. The van der Waals surface area contributed by atoms with Crippen LogP contribution in [0.4, 0.5) is 5.69 Å². The van der Waals surface area contributed by atoms with E-state index in [4.69, 9.17) is 16.3 Å². The zero-order chi connectivity index (χ0) is 15.6. The van der Waals surface area contributed by atoms with Crippen molar-refractivity contribution in [2.45, 2.75) is 32.2 Å². The number of rotatable bonds is 3. The smallest absolute Gasteiger partial charge is 0.252 e. The van der Waals surface area contributed by atoms with Crippen LogP contribution in [0.1, 0.15) is 26.7 Å². The summed E-state index contributed by atoms with van der Waals surface area (Å²) in [6.45, 7) is 3.91. The van der Waals surface area contributed by atoms with Crippen molar-refractivity contribution in [3.63, 3.8) is 0 Å². The van der Waals surface area contributed by atoms with Gasteiger partial charge in [-0.15, -0.1) is 0 Å². The molecule has 1 heterocycles. The van der Waals surface area contributed by atoms with Gasteiger partial charge in [0.1, 0.15) is 11.3 Å². The Morgan fingerprint density at radius 3 is 2.76 bits per heavy atom. The van der Waals surface area contributed by atoms with Crippen molar-refractivity contribution in [2.75, 3.05) is 18.6 Å². The molecule has 0 aromatic heterocycles. The number of benzene rings is 1. The van der Waals surface area contributed by atoms with Gasteiger partial charge in [-0.2, -0.15) is 0 Å². The third-order valence-electron chi connectivity index (χ3n) is 3.83. The molecule has 5 nitrogen and oxygen atoms in total. The molecule has 1 fully saturated rings. The molecule has 1 aromatic carbocycles. The summed E-state index contributed by atoms with van der Waals surface area (Å²) in [4.78, 5) is 26.3. The van der Waals surface area contributed by atoms with Crippen LogP contribution in [0, 0.1) is 0 Å². The number of amides is 2.